The van der Waals surface area contributed by atoms with Crippen LogP contribution in [0, 0.1) is 0 Å². The molecule has 2 aromatic rings. The van der Waals surface area contributed by atoms with E-state index in [-0.39, 0.29) is 17.6 Å². The molecule has 2 atom stereocenters. The van der Waals surface area contributed by atoms with Gasteiger partial charge < -0.3 is 28.5 Å². The highest BCUT2D eigenvalue weighted by atomic mass is 16.5. The zero-order valence-electron chi connectivity index (χ0n) is 20.1. The molecule has 0 aliphatic carbocycles. The quantitative estimate of drug-likeness (QED) is 0.466. The standard InChI is InChI=1S/C20H26O8.2C2H6/c1-13(15-10-27-11-18(23)20(15)24)3-5-25-7-8-26-6-4-14(2)19-9-16(21)17(22)12-28-19;2*1-2/h9-14,22-23H,3-8H2,1-2H3;2*1-2H3. The second kappa shape index (κ2) is 17.0. The average molecular weight is 455 g/mol. The van der Waals surface area contributed by atoms with Crippen molar-refractivity contribution in [3.8, 4) is 11.5 Å². The van der Waals surface area contributed by atoms with Crippen LogP contribution >= 0.6 is 0 Å². The summed E-state index contributed by atoms with van der Waals surface area (Å²) in [6, 6.07) is 1.29. The summed E-state index contributed by atoms with van der Waals surface area (Å²) in [5.41, 5.74) is -0.449. The number of hydrogen-bond donors (Lipinski definition) is 2. The van der Waals surface area contributed by atoms with Crippen LogP contribution in [0.3, 0.4) is 0 Å². The van der Waals surface area contributed by atoms with E-state index in [0.29, 0.717) is 50.6 Å². The Morgan fingerprint density at radius 3 is 1.94 bits per heavy atom. The first kappa shape index (κ1) is 29.4. The normalized spacial score (nSPS) is 12.1. The number of aromatic hydroxyl groups is 2. The summed E-state index contributed by atoms with van der Waals surface area (Å²) in [6.45, 7) is 13.6. The molecule has 32 heavy (non-hydrogen) atoms. The van der Waals surface area contributed by atoms with Crippen molar-refractivity contribution in [2.24, 2.45) is 0 Å². The van der Waals surface area contributed by atoms with Gasteiger partial charge in [0.15, 0.2) is 11.5 Å². The third kappa shape index (κ3) is 10.2. The first-order chi connectivity index (χ1) is 15.4. The fourth-order valence-corrected chi connectivity index (χ4v) is 2.58. The fourth-order valence-electron chi connectivity index (χ4n) is 2.58. The molecule has 8 heteroatoms. The van der Waals surface area contributed by atoms with Gasteiger partial charge in [-0.2, -0.15) is 0 Å². The Morgan fingerprint density at radius 1 is 0.812 bits per heavy atom. The van der Waals surface area contributed by atoms with E-state index in [4.69, 9.17) is 18.3 Å². The molecule has 0 saturated carbocycles. The lowest BCUT2D eigenvalue weighted by Crippen LogP contribution is -2.13. The lowest BCUT2D eigenvalue weighted by atomic mass is 10.00. The smallest absolute Gasteiger partial charge is 0.229 e. The van der Waals surface area contributed by atoms with Crippen LogP contribution in [0.15, 0.2) is 43.3 Å². The molecular weight excluding hydrogens is 416 g/mol. The van der Waals surface area contributed by atoms with Crippen LogP contribution in [0.25, 0.3) is 0 Å². The fraction of sp³-hybridized carbons (Fsp3) is 0.583. The predicted molar refractivity (Wildman–Crippen MR) is 124 cm³/mol. The minimum Gasteiger partial charge on any atom is -0.502 e. The van der Waals surface area contributed by atoms with Crippen LogP contribution in [-0.4, -0.2) is 36.6 Å². The molecule has 2 N–H and O–H groups in total. The highest BCUT2D eigenvalue weighted by Crippen LogP contribution is 2.19. The minimum absolute atomic E-state index is 0.0101. The van der Waals surface area contributed by atoms with E-state index in [0.717, 1.165) is 12.5 Å². The van der Waals surface area contributed by atoms with Crippen molar-refractivity contribution < 1.29 is 28.5 Å². The summed E-state index contributed by atoms with van der Waals surface area (Å²) in [5, 5.41) is 18.6. The van der Waals surface area contributed by atoms with Gasteiger partial charge >= 0.3 is 0 Å². The molecular formula is C24H38O8. The molecule has 0 amide bonds. The maximum Gasteiger partial charge on any atom is 0.229 e. The van der Waals surface area contributed by atoms with Gasteiger partial charge in [0.25, 0.3) is 0 Å². The molecule has 0 radical (unpaired) electrons. The van der Waals surface area contributed by atoms with E-state index >= 15 is 0 Å². The van der Waals surface area contributed by atoms with Crippen LogP contribution in [0.5, 0.6) is 11.5 Å². The Morgan fingerprint density at radius 2 is 1.38 bits per heavy atom. The largest absolute Gasteiger partial charge is 0.502 e. The zero-order valence-corrected chi connectivity index (χ0v) is 20.1. The first-order valence-electron chi connectivity index (χ1n) is 11.2. The van der Waals surface area contributed by atoms with E-state index in [1.165, 1.54) is 12.3 Å². The molecule has 0 spiro atoms. The Labute approximate surface area is 189 Å². The molecule has 2 unspecified atom stereocenters. The molecule has 0 bridgehead atoms. The third-order valence-corrected chi connectivity index (χ3v) is 4.48. The number of hydrogen-bond acceptors (Lipinski definition) is 8. The monoisotopic (exact) mass is 454 g/mol. The van der Waals surface area contributed by atoms with Gasteiger partial charge in [-0.05, 0) is 18.8 Å². The summed E-state index contributed by atoms with van der Waals surface area (Å²) in [4.78, 5) is 23.2. The summed E-state index contributed by atoms with van der Waals surface area (Å²) in [5.74, 6) is -0.384. The van der Waals surface area contributed by atoms with Crippen LogP contribution < -0.4 is 10.9 Å². The third-order valence-electron chi connectivity index (χ3n) is 4.48. The molecule has 8 nitrogen and oxygen atoms in total. The Hall–Kier alpha value is -2.58. The van der Waals surface area contributed by atoms with Crippen molar-refractivity contribution in [1.29, 1.82) is 0 Å². The minimum atomic E-state index is -0.458. The van der Waals surface area contributed by atoms with Crippen LogP contribution in [0.2, 0.25) is 0 Å². The maximum atomic E-state index is 11.8. The molecule has 0 saturated heterocycles. The van der Waals surface area contributed by atoms with E-state index < -0.39 is 16.6 Å². The van der Waals surface area contributed by atoms with Gasteiger partial charge in [-0.3, -0.25) is 9.59 Å². The van der Waals surface area contributed by atoms with Gasteiger partial charge in [-0.25, -0.2) is 0 Å². The van der Waals surface area contributed by atoms with E-state index in [1.807, 2.05) is 41.5 Å². The molecule has 0 aromatic carbocycles. The van der Waals surface area contributed by atoms with Crippen molar-refractivity contribution in [1.82, 2.24) is 0 Å². The van der Waals surface area contributed by atoms with Crippen molar-refractivity contribution in [2.45, 2.75) is 66.2 Å². The van der Waals surface area contributed by atoms with E-state index in [1.54, 1.807) is 0 Å². The molecule has 0 aliphatic rings. The van der Waals surface area contributed by atoms with Crippen molar-refractivity contribution in [3.63, 3.8) is 0 Å². The van der Waals surface area contributed by atoms with Gasteiger partial charge in [-0.15, -0.1) is 0 Å². The van der Waals surface area contributed by atoms with Gasteiger partial charge in [0.2, 0.25) is 10.9 Å². The van der Waals surface area contributed by atoms with Gasteiger partial charge in [0.1, 0.15) is 18.3 Å². The topological polar surface area (TPSA) is 119 Å². The Balaban J connectivity index is 0.00000227. The second-order valence-corrected chi connectivity index (χ2v) is 6.68. The average Bonchev–Trinajstić information content (AvgIpc) is 2.81. The Kier molecular flexibility index (Phi) is 15.7. The second-order valence-electron chi connectivity index (χ2n) is 6.68. The Bertz CT molecular complexity index is 856. The lowest BCUT2D eigenvalue weighted by molar-refractivity contribution is 0.0429. The number of ether oxygens (including phenoxy) is 2. The SMILES string of the molecule is CC.CC.CC(CCOCCOCCC(C)c1cocc(O)c1=O)c1cc(=O)c(O)co1. The van der Waals surface area contributed by atoms with Crippen LogP contribution in [-0.2, 0) is 9.47 Å². The maximum absolute atomic E-state index is 11.8. The van der Waals surface area contributed by atoms with Gasteiger partial charge in [0, 0.05) is 30.8 Å². The van der Waals surface area contributed by atoms with Crippen molar-refractivity contribution in [3.05, 3.63) is 56.6 Å². The summed E-state index contributed by atoms with van der Waals surface area (Å²) in [6.07, 6.45) is 4.70. The molecule has 2 aromatic heterocycles. The molecule has 2 rings (SSSR count). The first-order valence-corrected chi connectivity index (χ1v) is 11.2. The van der Waals surface area contributed by atoms with Crippen LogP contribution in [0.4, 0.5) is 0 Å². The zero-order chi connectivity index (χ0) is 24.5. The van der Waals surface area contributed by atoms with Crippen molar-refractivity contribution >= 4 is 0 Å². The summed E-state index contributed by atoms with van der Waals surface area (Å²) >= 11 is 0. The van der Waals surface area contributed by atoms with Gasteiger partial charge in [0.05, 0.1) is 19.5 Å². The highest BCUT2D eigenvalue weighted by molar-refractivity contribution is 5.23. The number of rotatable bonds is 11. The van der Waals surface area contributed by atoms with Gasteiger partial charge in [-0.1, -0.05) is 41.5 Å². The van der Waals surface area contributed by atoms with Crippen molar-refractivity contribution in [2.75, 3.05) is 26.4 Å². The summed E-state index contributed by atoms with van der Waals surface area (Å²) in [7, 11) is 0. The molecule has 182 valence electrons. The van der Waals surface area contributed by atoms with Crippen LogP contribution in [0.1, 0.15) is 77.5 Å². The lowest BCUT2D eigenvalue weighted by Gasteiger charge is -2.12. The summed E-state index contributed by atoms with van der Waals surface area (Å²) < 4.78 is 21.2. The van der Waals surface area contributed by atoms with E-state index in [2.05, 4.69) is 0 Å². The predicted octanol–water partition coefficient (Wildman–Crippen LogP) is 4.78. The molecule has 0 fully saturated rings. The molecule has 2 heterocycles. The highest BCUT2D eigenvalue weighted by Gasteiger charge is 2.13. The molecule has 0 aliphatic heterocycles. The van der Waals surface area contributed by atoms with E-state index in [9.17, 15) is 19.8 Å².